The van der Waals surface area contributed by atoms with Crippen molar-refractivity contribution in [1.82, 2.24) is 0 Å². The van der Waals surface area contributed by atoms with Crippen LogP contribution in [0.5, 0.6) is 0 Å². The molecule has 0 aromatic carbocycles. The average molecular weight is 344 g/mol. The van der Waals surface area contributed by atoms with Gasteiger partial charge in [-0.2, -0.15) is 5.15 Å². The van der Waals surface area contributed by atoms with Crippen LogP contribution in [0, 0.1) is 0 Å². The van der Waals surface area contributed by atoms with Crippen molar-refractivity contribution >= 4 is 55.3 Å². The molecule has 0 amide bonds. The van der Waals surface area contributed by atoms with Crippen LogP contribution in [-0.4, -0.2) is 12.5 Å². The van der Waals surface area contributed by atoms with Crippen LogP contribution in [0.1, 0.15) is 0 Å². The van der Waals surface area contributed by atoms with E-state index in [-0.39, 0.29) is 0 Å². The van der Waals surface area contributed by atoms with E-state index >= 15 is 0 Å². The molecule has 0 radical (unpaired) electrons. The Labute approximate surface area is 72.3 Å². The molecule has 0 unspecified atom stereocenters. The van der Waals surface area contributed by atoms with Gasteiger partial charge in [-0.15, -0.1) is 0 Å². The lowest BCUT2D eigenvalue weighted by Crippen LogP contribution is -1.83. The summed E-state index contributed by atoms with van der Waals surface area (Å²) < 4.78 is 8.04. The second-order valence-corrected chi connectivity index (χ2v) is 6.44. The standard InChI is InChI=1S/C2H6I2N2S/c1-7(2,5-3)6-4/h1-2H3. The van der Waals surface area contributed by atoms with E-state index in [2.05, 4.69) is 5.15 Å². The van der Waals surface area contributed by atoms with Crippen molar-refractivity contribution in [3.63, 3.8) is 0 Å². The highest BCUT2D eigenvalue weighted by Crippen LogP contribution is 2.00. The first-order chi connectivity index (χ1) is 3.12. The molecule has 5 heteroatoms. The SMILES string of the molecule is CS(C)(=NI)=NI. The van der Waals surface area contributed by atoms with Crippen molar-refractivity contribution in [2.75, 3.05) is 12.5 Å². The Balaban J connectivity index is 4.51. The molecule has 0 spiro atoms. The lowest BCUT2D eigenvalue weighted by molar-refractivity contribution is 1.99. The van der Waals surface area contributed by atoms with E-state index in [0.717, 1.165) is 0 Å². The zero-order valence-corrected chi connectivity index (χ0v) is 9.19. The highest BCUT2D eigenvalue weighted by atomic mass is 127. The van der Waals surface area contributed by atoms with E-state index in [1.165, 1.54) is 0 Å². The summed E-state index contributed by atoms with van der Waals surface area (Å²) in [6.07, 6.45) is 4.07. The van der Waals surface area contributed by atoms with Crippen molar-refractivity contribution in [2.24, 2.45) is 5.15 Å². The average Bonchev–Trinajstić information content (AvgIpc) is 1.68. The molecular formula is C2H6I2N2S. The molecular weight excluding hydrogens is 338 g/mol. The highest BCUT2D eigenvalue weighted by Gasteiger charge is 1.80. The largest absolute Gasteiger partial charge is 0.184 e. The van der Waals surface area contributed by atoms with Crippen molar-refractivity contribution < 1.29 is 0 Å². The Hall–Kier alpha value is 1.41. The van der Waals surface area contributed by atoms with Gasteiger partial charge in [0.25, 0.3) is 0 Å². The van der Waals surface area contributed by atoms with Crippen molar-refractivity contribution in [3.05, 3.63) is 0 Å². The van der Waals surface area contributed by atoms with E-state index in [1.807, 2.05) is 58.2 Å². The second-order valence-electron chi connectivity index (χ2n) is 1.36. The number of hydrogen-bond donors (Lipinski definition) is 0. The van der Waals surface area contributed by atoms with Gasteiger partial charge in [-0.3, -0.25) is 0 Å². The van der Waals surface area contributed by atoms with Crippen molar-refractivity contribution in [2.45, 2.75) is 0 Å². The van der Waals surface area contributed by atoms with Crippen LogP contribution in [0.15, 0.2) is 5.15 Å². The molecule has 0 rings (SSSR count). The van der Waals surface area contributed by atoms with E-state index in [9.17, 15) is 0 Å². The summed E-state index contributed by atoms with van der Waals surface area (Å²) in [4.78, 5) is 0. The quantitative estimate of drug-likeness (QED) is 0.604. The van der Waals surface area contributed by atoms with E-state index in [0.29, 0.717) is 0 Å². The molecule has 0 atom stereocenters. The fourth-order valence-electron chi connectivity index (χ4n) is 0.0117. The van der Waals surface area contributed by atoms with Gasteiger partial charge in [0.1, 0.15) is 0 Å². The Morgan fingerprint density at radius 2 is 1.43 bits per heavy atom. The van der Waals surface area contributed by atoms with Crippen LogP contribution in [0.2, 0.25) is 0 Å². The van der Waals surface area contributed by atoms with Crippen LogP contribution in [-0.2, 0) is 9.62 Å². The Morgan fingerprint density at radius 1 is 1.14 bits per heavy atom. The zero-order chi connectivity index (χ0) is 5.91. The molecule has 0 aliphatic heterocycles. The highest BCUT2D eigenvalue weighted by molar-refractivity contribution is 14.1. The normalized spacial score (nSPS) is 10.9. The van der Waals surface area contributed by atoms with Gasteiger partial charge in [-0.05, 0) is 9.62 Å². The van der Waals surface area contributed by atoms with E-state index < -0.39 is 9.62 Å². The molecule has 0 aliphatic rings. The molecule has 0 saturated carbocycles. The lowest BCUT2D eigenvalue weighted by Gasteiger charge is -1.91. The zero-order valence-electron chi connectivity index (χ0n) is 4.06. The molecule has 0 bridgehead atoms. The summed E-state index contributed by atoms with van der Waals surface area (Å²) in [7, 11) is -0.934. The Kier molecular flexibility index (Phi) is 4.13. The fraction of sp³-hybridized carbons (Fsp3) is 1.00. The van der Waals surface area contributed by atoms with Crippen LogP contribution < -0.4 is 0 Å². The van der Waals surface area contributed by atoms with Crippen molar-refractivity contribution in [3.8, 4) is 0 Å². The molecule has 2 nitrogen and oxygen atoms in total. The van der Waals surface area contributed by atoms with Crippen LogP contribution in [0.4, 0.5) is 0 Å². The first-order valence-electron chi connectivity index (χ1n) is 1.52. The first kappa shape index (κ1) is 8.41. The molecule has 0 aromatic heterocycles. The maximum absolute atomic E-state index is 4.02. The summed E-state index contributed by atoms with van der Waals surface area (Å²) in [6, 6.07) is 0. The molecule has 0 saturated heterocycles. The summed E-state index contributed by atoms with van der Waals surface area (Å²) in [5.41, 5.74) is 0. The molecule has 44 valence electrons. The Bertz CT molecular complexity index is 133. The summed E-state index contributed by atoms with van der Waals surface area (Å²) in [6.45, 7) is 0. The molecule has 0 heterocycles. The first-order valence-corrected chi connectivity index (χ1v) is 5.81. The third-order valence-corrected chi connectivity index (χ3v) is 6.80. The summed E-state index contributed by atoms with van der Waals surface area (Å²) in [5.74, 6) is 0. The predicted molar refractivity (Wildman–Crippen MR) is 52.1 cm³/mol. The van der Waals surface area contributed by atoms with Crippen molar-refractivity contribution in [1.29, 1.82) is 0 Å². The summed E-state index contributed by atoms with van der Waals surface area (Å²) in [5, 5.41) is 0. The maximum atomic E-state index is 4.02. The third-order valence-electron chi connectivity index (χ3n) is 0.338. The van der Waals surface area contributed by atoms with E-state index in [4.69, 9.17) is 0 Å². The molecule has 0 N–H and O–H groups in total. The van der Waals surface area contributed by atoms with Gasteiger partial charge in [0.05, 0.1) is 45.7 Å². The minimum Gasteiger partial charge on any atom is -0.184 e. The lowest BCUT2D eigenvalue weighted by atomic mass is 11.9. The smallest absolute Gasteiger partial charge is 0.0933 e. The van der Waals surface area contributed by atoms with Gasteiger partial charge in [0.2, 0.25) is 0 Å². The number of halogens is 2. The van der Waals surface area contributed by atoms with Crippen LogP contribution >= 0.6 is 45.7 Å². The van der Waals surface area contributed by atoms with Gasteiger partial charge in [0.15, 0.2) is 0 Å². The topological polar surface area (TPSA) is 24.7 Å². The third kappa shape index (κ3) is 3.95. The van der Waals surface area contributed by atoms with Gasteiger partial charge < -0.3 is 0 Å². The number of rotatable bonds is 0. The van der Waals surface area contributed by atoms with Gasteiger partial charge in [-0.25, -0.2) is 0 Å². The molecule has 7 heavy (non-hydrogen) atoms. The molecule has 0 fully saturated rings. The number of hydrogen-bond acceptors (Lipinski definition) is 2. The monoisotopic (exact) mass is 344 g/mol. The van der Waals surface area contributed by atoms with Gasteiger partial charge >= 0.3 is 0 Å². The predicted octanol–water partition coefficient (Wildman–Crippen LogP) is 2.47. The summed E-state index contributed by atoms with van der Waals surface area (Å²) >= 11 is 3.99. The van der Waals surface area contributed by atoms with Gasteiger partial charge in [0, 0.05) is 12.5 Å². The van der Waals surface area contributed by atoms with Crippen LogP contribution in [0.25, 0.3) is 0 Å². The minimum absolute atomic E-state index is 0.934. The maximum Gasteiger partial charge on any atom is 0.0933 e. The van der Waals surface area contributed by atoms with Gasteiger partial charge in [-0.1, -0.05) is 0 Å². The molecule has 0 aromatic rings. The number of nitrogens with zero attached hydrogens (tertiary/aromatic N) is 2. The second kappa shape index (κ2) is 3.44. The van der Waals surface area contributed by atoms with Crippen LogP contribution in [0.3, 0.4) is 0 Å². The molecule has 0 aliphatic carbocycles. The van der Waals surface area contributed by atoms with E-state index in [1.54, 1.807) is 0 Å². The fourth-order valence-corrected chi connectivity index (χ4v) is 1.57. The Morgan fingerprint density at radius 3 is 1.43 bits per heavy atom. The minimum atomic E-state index is -0.934.